The molecule has 1 N–H and O–H groups in total. The summed E-state index contributed by atoms with van der Waals surface area (Å²) in [5.74, 6) is -0.908. The average Bonchev–Trinajstić information content (AvgIpc) is 2.89. The van der Waals surface area contributed by atoms with Crippen LogP contribution in [0.5, 0.6) is 0 Å². The molecule has 214 valence electrons. The number of sulfonamides is 1. The van der Waals surface area contributed by atoms with Crippen molar-refractivity contribution in [3.63, 3.8) is 0 Å². The summed E-state index contributed by atoms with van der Waals surface area (Å²) < 4.78 is 26.7. The van der Waals surface area contributed by atoms with E-state index in [1.807, 2.05) is 44.2 Å². The van der Waals surface area contributed by atoms with E-state index in [1.165, 1.54) is 23.1 Å². The molecular weight excluding hydrogens is 593 g/mol. The summed E-state index contributed by atoms with van der Waals surface area (Å²) in [6.07, 6.45) is 1.92. The largest absolute Gasteiger partial charge is 0.352 e. The fourth-order valence-electron chi connectivity index (χ4n) is 4.08. The maximum atomic E-state index is 14.1. The summed E-state index contributed by atoms with van der Waals surface area (Å²) in [6, 6.07) is 19.5. The van der Waals surface area contributed by atoms with E-state index >= 15 is 0 Å². The molecule has 0 aliphatic carbocycles. The Morgan fingerprint density at radius 2 is 1.48 bits per heavy atom. The van der Waals surface area contributed by atoms with E-state index in [-0.39, 0.29) is 40.6 Å². The first-order chi connectivity index (χ1) is 18.9. The summed E-state index contributed by atoms with van der Waals surface area (Å²) in [5.41, 5.74) is 1.72. The van der Waals surface area contributed by atoms with E-state index in [0.29, 0.717) is 11.4 Å². The molecule has 7 nitrogen and oxygen atoms in total. The molecule has 0 aliphatic heterocycles. The van der Waals surface area contributed by atoms with Crippen molar-refractivity contribution < 1.29 is 18.0 Å². The minimum Gasteiger partial charge on any atom is -0.352 e. The van der Waals surface area contributed by atoms with Gasteiger partial charge >= 0.3 is 0 Å². The minimum absolute atomic E-state index is 0.0509. The fraction of sp³-hybridized carbons (Fsp3) is 0.310. The van der Waals surface area contributed by atoms with Crippen molar-refractivity contribution in [2.24, 2.45) is 0 Å². The van der Waals surface area contributed by atoms with E-state index in [0.717, 1.165) is 21.7 Å². The lowest BCUT2D eigenvalue weighted by Gasteiger charge is -2.34. The standard InChI is InChI=1S/C29H32Cl3N3O4S/c1-4-20(2)33-29(37)27(14-21-8-6-5-7-9-21)34(18-22-10-12-23(30)13-11-22)28(36)19-35(40(3,38)39)26-16-24(31)15-25(32)17-26/h5-13,15-17,20,27H,4,14,18-19H2,1-3H3,(H,33,37)/t20-,27+/m0/s1. The van der Waals surface area contributed by atoms with Crippen molar-refractivity contribution in [2.45, 2.75) is 45.3 Å². The molecule has 0 aliphatic rings. The highest BCUT2D eigenvalue weighted by atomic mass is 35.5. The van der Waals surface area contributed by atoms with E-state index in [9.17, 15) is 18.0 Å². The van der Waals surface area contributed by atoms with Crippen molar-refractivity contribution in [2.75, 3.05) is 17.1 Å². The molecule has 2 atom stereocenters. The number of amides is 2. The summed E-state index contributed by atoms with van der Waals surface area (Å²) in [4.78, 5) is 29.1. The third-order valence-corrected chi connectivity index (χ3v) is 8.18. The molecule has 0 saturated heterocycles. The summed E-state index contributed by atoms with van der Waals surface area (Å²) in [5, 5.41) is 3.95. The lowest BCUT2D eigenvalue weighted by molar-refractivity contribution is -0.140. The summed E-state index contributed by atoms with van der Waals surface area (Å²) >= 11 is 18.4. The third-order valence-electron chi connectivity index (χ3n) is 6.35. The molecule has 0 unspecified atom stereocenters. The van der Waals surface area contributed by atoms with Crippen LogP contribution >= 0.6 is 34.8 Å². The molecule has 0 fully saturated rings. The van der Waals surface area contributed by atoms with Gasteiger partial charge in [-0.2, -0.15) is 0 Å². The molecule has 0 bridgehead atoms. The molecule has 2 amide bonds. The number of hydrogen-bond donors (Lipinski definition) is 1. The summed E-state index contributed by atoms with van der Waals surface area (Å²) in [6.45, 7) is 3.32. The number of carbonyl (C=O) groups is 2. The Labute approximate surface area is 251 Å². The average molecular weight is 625 g/mol. The van der Waals surface area contributed by atoms with Gasteiger partial charge in [0.15, 0.2) is 0 Å². The van der Waals surface area contributed by atoms with Gasteiger partial charge in [-0.25, -0.2) is 8.42 Å². The first-order valence-corrected chi connectivity index (χ1v) is 15.7. The van der Waals surface area contributed by atoms with E-state index < -0.39 is 28.5 Å². The molecule has 3 aromatic carbocycles. The molecule has 3 aromatic rings. The Morgan fingerprint density at radius 3 is 2.02 bits per heavy atom. The highest BCUT2D eigenvalue weighted by molar-refractivity contribution is 7.92. The number of halogens is 3. The van der Waals surface area contributed by atoms with E-state index in [1.54, 1.807) is 24.3 Å². The number of nitrogens with one attached hydrogen (secondary N) is 1. The van der Waals surface area contributed by atoms with Gasteiger partial charge in [0.2, 0.25) is 21.8 Å². The zero-order chi connectivity index (χ0) is 29.4. The van der Waals surface area contributed by atoms with Crippen LogP contribution < -0.4 is 9.62 Å². The van der Waals surface area contributed by atoms with Crippen molar-refractivity contribution >= 4 is 62.3 Å². The van der Waals surface area contributed by atoms with Crippen molar-refractivity contribution in [1.82, 2.24) is 10.2 Å². The van der Waals surface area contributed by atoms with Gasteiger partial charge in [-0.1, -0.05) is 84.2 Å². The van der Waals surface area contributed by atoms with Gasteiger partial charge in [0.05, 0.1) is 11.9 Å². The Morgan fingerprint density at radius 1 is 0.875 bits per heavy atom. The highest BCUT2D eigenvalue weighted by Gasteiger charge is 2.33. The van der Waals surface area contributed by atoms with E-state index in [4.69, 9.17) is 34.8 Å². The van der Waals surface area contributed by atoms with Crippen LogP contribution in [-0.2, 0) is 32.6 Å². The maximum absolute atomic E-state index is 14.1. The third kappa shape index (κ3) is 9.13. The highest BCUT2D eigenvalue weighted by Crippen LogP contribution is 2.27. The zero-order valence-corrected chi connectivity index (χ0v) is 25.6. The van der Waals surface area contributed by atoms with Gasteiger partial charge in [0.1, 0.15) is 12.6 Å². The first kappa shape index (κ1) is 31.7. The number of anilines is 1. The normalized spacial score (nSPS) is 12.8. The maximum Gasteiger partial charge on any atom is 0.244 e. The van der Waals surface area contributed by atoms with Crippen LogP contribution in [0.2, 0.25) is 15.1 Å². The molecule has 0 spiro atoms. The second kappa shape index (κ2) is 14.2. The molecule has 0 heterocycles. The van der Waals surface area contributed by atoms with Gasteiger partial charge in [-0.05, 0) is 54.8 Å². The van der Waals surface area contributed by atoms with Gasteiger partial charge in [-0.3, -0.25) is 13.9 Å². The smallest absolute Gasteiger partial charge is 0.244 e. The monoisotopic (exact) mass is 623 g/mol. The van der Waals surface area contributed by atoms with Crippen LogP contribution in [0.4, 0.5) is 5.69 Å². The Balaban J connectivity index is 2.07. The lowest BCUT2D eigenvalue weighted by Crippen LogP contribution is -2.54. The molecule has 0 radical (unpaired) electrons. The Bertz CT molecular complexity index is 1400. The van der Waals surface area contributed by atoms with Crippen LogP contribution in [0.25, 0.3) is 0 Å². The molecule has 0 saturated carbocycles. The minimum atomic E-state index is -3.94. The van der Waals surface area contributed by atoms with Crippen LogP contribution in [0.1, 0.15) is 31.4 Å². The summed E-state index contributed by atoms with van der Waals surface area (Å²) in [7, 11) is -3.94. The number of rotatable bonds is 12. The quantitative estimate of drug-likeness (QED) is 0.269. The fourth-order valence-corrected chi connectivity index (χ4v) is 5.55. The Kier molecular flexibility index (Phi) is 11.3. The van der Waals surface area contributed by atoms with Gasteiger partial charge in [-0.15, -0.1) is 0 Å². The molecule has 0 aromatic heterocycles. The first-order valence-electron chi connectivity index (χ1n) is 12.7. The second-order valence-electron chi connectivity index (χ2n) is 9.57. The predicted octanol–water partition coefficient (Wildman–Crippen LogP) is 5.97. The molecule has 3 rings (SSSR count). The topological polar surface area (TPSA) is 86.8 Å². The van der Waals surface area contributed by atoms with Crippen LogP contribution in [0, 0.1) is 0 Å². The van der Waals surface area contributed by atoms with Gasteiger partial charge in [0.25, 0.3) is 0 Å². The van der Waals surface area contributed by atoms with Crippen LogP contribution in [-0.4, -0.2) is 50.0 Å². The molecule has 40 heavy (non-hydrogen) atoms. The van der Waals surface area contributed by atoms with Crippen molar-refractivity contribution in [3.8, 4) is 0 Å². The predicted molar refractivity (Wildman–Crippen MR) is 162 cm³/mol. The van der Waals surface area contributed by atoms with Crippen molar-refractivity contribution in [1.29, 1.82) is 0 Å². The molecule has 11 heteroatoms. The SMILES string of the molecule is CC[C@H](C)NC(=O)[C@@H](Cc1ccccc1)N(Cc1ccc(Cl)cc1)C(=O)CN(c1cc(Cl)cc(Cl)c1)S(C)(=O)=O. The molecular formula is C29H32Cl3N3O4S. The van der Waals surface area contributed by atoms with E-state index in [2.05, 4.69) is 5.32 Å². The van der Waals surface area contributed by atoms with Crippen LogP contribution in [0.3, 0.4) is 0 Å². The zero-order valence-electron chi connectivity index (χ0n) is 22.5. The number of benzene rings is 3. The van der Waals surface area contributed by atoms with Crippen molar-refractivity contribution in [3.05, 3.63) is 99.0 Å². The Hall–Kier alpha value is -2.78. The van der Waals surface area contributed by atoms with Gasteiger partial charge in [0, 0.05) is 34.1 Å². The second-order valence-corrected chi connectivity index (χ2v) is 12.8. The van der Waals surface area contributed by atoms with Crippen LogP contribution in [0.15, 0.2) is 72.8 Å². The number of hydrogen-bond acceptors (Lipinski definition) is 4. The number of nitrogens with zero attached hydrogens (tertiary/aromatic N) is 2. The lowest BCUT2D eigenvalue weighted by atomic mass is 10.0. The number of carbonyl (C=O) groups excluding carboxylic acids is 2. The van der Waals surface area contributed by atoms with Gasteiger partial charge < -0.3 is 10.2 Å².